The molecule has 2 aliphatic rings. The quantitative estimate of drug-likeness (QED) is 0.387. The summed E-state index contributed by atoms with van der Waals surface area (Å²) >= 11 is 0. The molecule has 0 aromatic heterocycles. The lowest BCUT2D eigenvalue weighted by atomic mass is 10.1. The van der Waals surface area contributed by atoms with E-state index in [9.17, 15) is 18.2 Å². The number of carbonyl (C=O) groups excluding carboxylic acids is 2. The van der Waals surface area contributed by atoms with Gasteiger partial charge in [-0.2, -0.15) is 0 Å². The Morgan fingerprint density at radius 2 is 2.03 bits per heavy atom. The number of rotatable bonds is 12. The molecule has 3 rings (SSSR count). The molecular formula is C21H30FN3O4S. The Morgan fingerprint density at radius 3 is 2.70 bits per heavy atom. The van der Waals surface area contributed by atoms with Crippen LogP contribution < -0.4 is 14.8 Å². The van der Waals surface area contributed by atoms with E-state index >= 15 is 0 Å². The summed E-state index contributed by atoms with van der Waals surface area (Å²) in [5, 5.41) is 2.25. The fraction of sp³-hybridized carbons (Fsp3) is 0.619. The first-order valence-electron chi connectivity index (χ1n) is 10.5. The molecule has 1 aliphatic heterocycles. The smallest absolute Gasteiger partial charge is 0.324 e. The van der Waals surface area contributed by atoms with Crippen LogP contribution >= 0.6 is 0 Å². The second-order valence-corrected chi connectivity index (χ2v) is 9.41. The Bertz CT molecular complexity index is 802. The second kappa shape index (κ2) is 10.3. The molecule has 1 heterocycles. The maximum atomic E-state index is 14.1. The lowest BCUT2D eigenvalue weighted by Gasteiger charge is -2.18. The number of ether oxygens (including phenoxy) is 1. The topological polar surface area (TPSA) is 87.7 Å². The predicted molar refractivity (Wildman–Crippen MR) is 113 cm³/mol. The van der Waals surface area contributed by atoms with Crippen molar-refractivity contribution in [3.63, 3.8) is 0 Å². The number of urea groups is 1. The van der Waals surface area contributed by atoms with Crippen molar-refractivity contribution in [2.75, 3.05) is 18.8 Å². The van der Waals surface area contributed by atoms with Gasteiger partial charge in [-0.25, -0.2) is 18.1 Å². The molecule has 1 aromatic carbocycles. The molecule has 1 aliphatic carbocycles. The van der Waals surface area contributed by atoms with Crippen molar-refractivity contribution >= 4 is 22.9 Å². The van der Waals surface area contributed by atoms with E-state index in [4.69, 9.17) is 4.74 Å². The van der Waals surface area contributed by atoms with E-state index in [1.165, 1.54) is 11.0 Å². The molecular weight excluding hydrogens is 409 g/mol. The number of carbonyl (C=O) groups is 2. The SMILES string of the molecule is CC(NS(=O)CCCCCN1CC(=O)NC1=O)c1ccc(F)c(OC(C)C2CC2)c1. The van der Waals surface area contributed by atoms with E-state index in [0.29, 0.717) is 18.2 Å². The Hall–Kier alpha value is -2.00. The number of hydrogen-bond donors (Lipinski definition) is 2. The third-order valence-corrected chi connectivity index (χ3v) is 6.76. The molecule has 9 heteroatoms. The van der Waals surface area contributed by atoms with Crippen LogP contribution in [0.4, 0.5) is 9.18 Å². The summed E-state index contributed by atoms with van der Waals surface area (Å²) in [6.45, 7) is 4.50. The number of unbranched alkanes of at least 4 members (excludes halogenated alkanes) is 2. The third kappa shape index (κ3) is 6.50. The highest BCUT2D eigenvalue weighted by atomic mass is 32.2. The Morgan fingerprint density at radius 1 is 1.27 bits per heavy atom. The first-order chi connectivity index (χ1) is 14.3. The van der Waals surface area contributed by atoms with Crippen molar-refractivity contribution in [2.45, 2.75) is 58.1 Å². The molecule has 166 valence electrons. The summed E-state index contributed by atoms with van der Waals surface area (Å²) in [7, 11) is -1.22. The highest BCUT2D eigenvalue weighted by molar-refractivity contribution is 7.83. The molecule has 1 saturated heterocycles. The minimum Gasteiger partial charge on any atom is -0.487 e. The Labute approximate surface area is 179 Å². The number of hydrogen-bond acceptors (Lipinski definition) is 4. The molecule has 2 N–H and O–H groups in total. The first-order valence-corrected chi connectivity index (χ1v) is 11.8. The van der Waals surface area contributed by atoms with Gasteiger partial charge in [0.25, 0.3) is 0 Å². The van der Waals surface area contributed by atoms with E-state index in [-0.39, 0.29) is 42.2 Å². The van der Waals surface area contributed by atoms with Crippen molar-refractivity contribution in [1.82, 2.24) is 14.9 Å². The van der Waals surface area contributed by atoms with Crippen LogP contribution in [0.15, 0.2) is 18.2 Å². The van der Waals surface area contributed by atoms with Crippen molar-refractivity contribution in [1.29, 1.82) is 0 Å². The van der Waals surface area contributed by atoms with Crippen LogP contribution in [0.2, 0.25) is 0 Å². The van der Waals surface area contributed by atoms with Gasteiger partial charge in [0, 0.05) is 18.3 Å². The Kier molecular flexibility index (Phi) is 7.82. The minimum absolute atomic E-state index is 0.00287. The number of benzene rings is 1. The highest BCUT2D eigenvalue weighted by Crippen LogP contribution is 2.35. The zero-order chi connectivity index (χ0) is 21.7. The van der Waals surface area contributed by atoms with Crippen molar-refractivity contribution in [3.8, 4) is 5.75 Å². The van der Waals surface area contributed by atoms with Gasteiger partial charge in [0.05, 0.1) is 17.1 Å². The molecule has 0 radical (unpaired) electrons. The van der Waals surface area contributed by atoms with E-state index < -0.39 is 11.0 Å². The number of nitrogens with zero attached hydrogens (tertiary/aromatic N) is 1. The van der Waals surface area contributed by atoms with Crippen LogP contribution in [0.25, 0.3) is 0 Å². The van der Waals surface area contributed by atoms with Gasteiger partial charge in [0.2, 0.25) is 5.91 Å². The fourth-order valence-electron chi connectivity index (χ4n) is 3.44. The van der Waals surface area contributed by atoms with Gasteiger partial charge < -0.3 is 9.64 Å². The molecule has 3 amide bonds. The van der Waals surface area contributed by atoms with E-state index in [1.807, 2.05) is 13.8 Å². The van der Waals surface area contributed by atoms with Gasteiger partial charge in [0.1, 0.15) is 6.54 Å². The molecule has 1 saturated carbocycles. The summed E-state index contributed by atoms with van der Waals surface area (Å²) in [6.07, 6.45) is 4.56. The van der Waals surface area contributed by atoms with E-state index in [2.05, 4.69) is 10.0 Å². The number of amides is 3. The van der Waals surface area contributed by atoms with Crippen LogP contribution in [0.1, 0.15) is 57.6 Å². The highest BCUT2D eigenvalue weighted by Gasteiger charge is 2.30. The van der Waals surface area contributed by atoms with Gasteiger partial charge in [-0.15, -0.1) is 0 Å². The standard InChI is InChI=1S/C21H30FN3O4S/c1-14(17-8-9-18(22)19(12-17)29-15(2)16-6-7-16)24-30(28)11-5-3-4-10-25-13-20(26)23-21(25)27/h8-9,12,14-16,24H,3-7,10-11,13H2,1-2H3,(H,23,26,27). The molecule has 0 spiro atoms. The lowest BCUT2D eigenvalue weighted by Crippen LogP contribution is -2.29. The zero-order valence-corrected chi connectivity index (χ0v) is 18.3. The molecule has 3 atom stereocenters. The molecule has 7 nitrogen and oxygen atoms in total. The maximum Gasteiger partial charge on any atom is 0.324 e. The minimum atomic E-state index is -1.22. The van der Waals surface area contributed by atoms with Crippen molar-refractivity contribution in [2.24, 2.45) is 5.92 Å². The van der Waals surface area contributed by atoms with Gasteiger partial charge in [0.15, 0.2) is 11.6 Å². The van der Waals surface area contributed by atoms with E-state index in [1.54, 1.807) is 12.1 Å². The number of imide groups is 1. The average Bonchev–Trinajstić information content (AvgIpc) is 3.48. The summed E-state index contributed by atoms with van der Waals surface area (Å²) in [5.74, 6) is 0.592. The van der Waals surface area contributed by atoms with Crippen molar-refractivity contribution in [3.05, 3.63) is 29.6 Å². The van der Waals surface area contributed by atoms with Gasteiger partial charge in [-0.1, -0.05) is 12.5 Å². The fourth-order valence-corrected chi connectivity index (χ4v) is 4.56. The molecule has 0 bridgehead atoms. The Balaban J connectivity index is 1.38. The summed E-state index contributed by atoms with van der Waals surface area (Å²) in [4.78, 5) is 24.1. The maximum absolute atomic E-state index is 14.1. The molecule has 30 heavy (non-hydrogen) atoms. The van der Waals surface area contributed by atoms with Crippen LogP contribution in [0.3, 0.4) is 0 Å². The van der Waals surface area contributed by atoms with Gasteiger partial charge in [-0.05, 0) is 63.1 Å². The molecule has 2 fully saturated rings. The number of nitrogens with one attached hydrogen (secondary N) is 2. The van der Waals surface area contributed by atoms with Gasteiger partial charge in [-0.3, -0.25) is 10.1 Å². The summed E-state index contributed by atoms with van der Waals surface area (Å²) in [5.41, 5.74) is 0.826. The van der Waals surface area contributed by atoms with Crippen LogP contribution in [-0.2, 0) is 15.8 Å². The average molecular weight is 440 g/mol. The summed E-state index contributed by atoms with van der Waals surface area (Å²) < 4.78 is 35.3. The van der Waals surface area contributed by atoms with Crippen LogP contribution in [0, 0.1) is 11.7 Å². The monoisotopic (exact) mass is 439 g/mol. The van der Waals surface area contributed by atoms with Gasteiger partial charge >= 0.3 is 6.03 Å². The lowest BCUT2D eigenvalue weighted by molar-refractivity contribution is -0.118. The van der Waals surface area contributed by atoms with Crippen LogP contribution in [-0.4, -0.2) is 46.0 Å². The summed E-state index contributed by atoms with van der Waals surface area (Å²) in [6, 6.07) is 4.22. The largest absolute Gasteiger partial charge is 0.487 e. The molecule has 3 unspecified atom stereocenters. The third-order valence-electron chi connectivity index (χ3n) is 5.49. The van der Waals surface area contributed by atoms with Crippen LogP contribution in [0.5, 0.6) is 5.75 Å². The molecule has 1 aromatic rings. The second-order valence-electron chi connectivity index (χ2n) is 8.07. The normalized spacial score (nSPS) is 19.5. The predicted octanol–water partition coefficient (Wildman–Crippen LogP) is 3.04. The van der Waals surface area contributed by atoms with E-state index in [0.717, 1.165) is 37.7 Å². The number of halogens is 1. The zero-order valence-electron chi connectivity index (χ0n) is 17.5. The van der Waals surface area contributed by atoms with Crippen molar-refractivity contribution < 1.29 is 22.9 Å². The first kappa shape index (κ1) is 22.7.